The third-order valence-corrected chi connectivity index (χ3v) is 3.08. The first-order valence-electron chi connectivity index (χ1n) is 5.65. The summed E-state index contributed by atoms with van der Waals surface area (Å²) in [6.07, 6.45) is 5.67. The summed E-state index contributed by atoms with van der Waals surface area (Å²) in [6.45, 7) is 0.995. The number of hydrogen-bond donors (Lipinski definition) is 2. The number of aliphatic hydroxyl groups excluding tert-OH is 1. The van der Waals surface area contributed by atoms with Crippen LogP contribution >= 0.6 is 0 Å². The van der Waals surface area contributed by atoms with Crippen LogP contribution in [0.2, 0.25) is 0 Å². The molecule has 15 heavy (non-hydrogen) atoms. The Labute approximate surface area is 90.5 Å². The van der Waals surface area contributed by atoms with Crippen molar-refractivity contribution in [3.63, 3.8) is 0 Å². The first-order valence-corrected chi connectivity index (χ1v) is 5.65. The van der Waals surface area contributed by atoms with Crippen LogP contribution in [0.1, 0.15) is 30.9 Å². The second kappa shape index (κ2) is 5.24. The smallest absolute Gasteiger partial charge is 0.0527 e. The van der Waals surface area contributed by atoms with E-state index in [4.69, 9.17) is 0 Å². The van der Waals surface area contributed by atoms with Crippen molar-refractivity contribution >= 4 is 0 Å². The maximum Gasteiger partial charge on any atom is 0.0527 e. The summed E-state index contributed by atoms with van der Waals surface area (Å²) in [5.41, 5.74) is 0.979. The number of nitrogens with zero attached hydrogens (tertiary/aromatic N) is 1. The predicted molar refractivity (Wildman–Crippen MR) is 59.7 cm³/mol. The maximum atomic E-state index is 9.30. The highest BCUT2D eigenvalue weighted by Crippen LogP contribution is 2.19. The standard InChI is InChI=1S/C12H18N2O/c15-9-10(8-14-11-4-3-5-11)12-6-1-2-7-13-12/h1-2,6-7,10-11,14-15H,3-5,8-9H2. The molecular weight excluding hydrogens is 188 g/mol. The Morgan fingerprint density at radius 3 is 2.87 bits per heavy atom. The molecule has 2 rings (SSSR count). The van der Waals surface area contributed by atoms with Gasteiger partial charge in [-0.05, 0) is 25.0 Å². The number of nitrogens with one attached hydrogen (secondary N) is 1. The lowest BCUT2D eigenvalue weighted by Crippen LogP contribution is -2.38. The molecule has 0 radical (unpaired) electrons. The minimum absolute atomic E-state index is 0.131. The van der Waals surface area contributed by atoms with Gasteiger partial charge in [-0.2, -0.15) is 0 Å². The zero-order valence-corrected chi connectivity index (χ0v) is 8.89. The lowest BCUT2D eigenvalue weighted by molar-refractivity contribution is 0.245. The van der Waals surface area contributed by atoms with Gasteiger partial charge in [0.05, 0.1) is 6.61 Å². The average molecular weight is 206 g/mol. The molecule has 1 unspecified atom stereocenters. The fourth-order valence-corrected chi connectivity index (χ4v) is 1.80. The van der Waals surface area contributed by atoms with Gasteiger partial charge in [-0.15, -0.1) is 0 Å². The Balaban J connectivity index is 1.86. The molecule has 0 aromatic carbocycles. The molecule has 82 valence electrons. The van der Waals surface area contributed by atoms with E-state index in [9.17, 15) is 5.11 Å². The highest BCUT2D eigenvalue weighted by Gasteiger charge is 2.19. The molecule has 0 aliphatic heterocycles. The van der Waals surface area contributed by atoms with E-state index >= 15 is 0 Å². The minimum atomic E-state index is 0.131. The van der Waals surface area contributed by atoms with Crippen molar-refractivity contribution in [2.75, 3.05) is 13.2 Å². The van der Waals surface area contributed by atoms with E-state index in [2.05, 4.69) is 10.3 Å². The molecule has 1 heterocycles. The number of hydrogen-bond acceptors (Lipinski definition) is 3. The lowest BCUT2D eigenvalue weighted by Gasteiger charge is -2.28. The molecule has 0 saturated heterocycles. The molecule has 3 nitrogen and oxygen atoms in total. The molecule has 1 fully saturated rings. The van der Waals surface area contributed by atoms with Crippen molar-refractivity contribution in [3.8, 4) is 0 Å². The normalized spacial score (nSPS) is 18.5. The molecule has 3 heteroatoms. The zero-order valence-electron chi connectivity index (χ0n) is 8.89. The van der Waals surface area contributed by atoms with Crippen LogP contribution in [0, 0.1) is 0 Å². The van der Waals surface area contributed by atoms with E-state index in [0.29, 0.717) is 6.04 Å². The van der Waals surface area contributed by atoms with Crippen LogP contribution in [-0.2, 0) is 0 Å². The van der Waals surface area contributed by atoms with Gasteiger partial charge in [0.1, 0.15) is 0 Å². The molecule has 1 aliphatic rings. The molecule has 2 N–H and O–H groups in total. The highest BCUT2D eigenvalue weighted by atomic mass is 16.3. The summed E-state index contributed by atoms with van der Waals surface area (Å²) in [6, 6.07) is 6.51. The van der Waals surface area contributed by atoms with Gasteiger partial charge in [0.2, 0.25) is 0 Å². The van der Waals surface area contributed by atoms with Crippen LogP contribution in [0.3, 0.4) is 0 Å². The molecular formula is C12H18N2O. The summed E-state index contributed by atoms with van der Waals surface area (Å²) >= 11 is 0. The van der Waals surface area contributed by atoms with Gasteiger partial charge in [0, 0.05) is 30.4 Å². The fourth-order valence-electron chi connectivity index (χ4n) is 1.80. The van der Waals surface area contributed by atoms with Gasteiger partial charge in [0.25, 0.3) is 0 Å². The van der Waals surface area contributed by atoms with Crippen molar-refractivity contribution in [3.05, 3.63) is 30.1 Å². The summed E-state index contributed by atoms with van der Waals surface area (Å²) in [7, 11) is 0. The van der Waals surface area contributed by atoms with Gasteiger partial charge in [-0.3, -0.25) is 4.98 Å². The Kier molecular flexibility index (Phi) is 3.69. The highest BCUT2D eigenvalue weighted by molar-refractivity contribution is 5.10. The molecule has 1 aromatic rings. The summed E-state index contributed by atoms with van der Waals surface area (Å²) in [4.78, 5) is 4.27. The SMILES string of the molecule is OCC(CNC1CCC1)c1ccccn1. The van der Waals surface area contributed by atoms with E-state index in [1.807, 2.05) is 18.2 Å². The van der Waals surface area contributed by atoms with Crippen molar-refractivity contribution in [2.24, 2.45) is 0 Å². The monoisotopic (exact) mass is 206 g/mol. The summed E-state index contributed by atoms with van der Waals surface area (Å²) < 4.78 is 0. The van der Waals surface area contributed by atoms with Crippen LogP contribution in [-0.4, -0.2) is 29.3 Å². The van der Waals surface area contributed by atoms with Gasteiger partial charge >= 0.3 is 0 Å². The van der Waals surface area contributed by atoms with E-state index in [1.165, 1.54) is 19.3 Å². The molecule has 1 atom stereocenters. The number of pyridine rings is 1. The number of rotatable bonds is 5. The van der Waals surface area contributed by atoms with Gasteiger partial charge < -0.3 is 10.4 Å². The second-order valence-corrected chi connectivity index (χ2v) is 4.17. The van der Waals surface area contributed by atoms with E-state index in [0.717, 1.165) is 12.2 Å². The Morgan fingerprint density at radius 2 is 2.33 bits per heavy atom. The third-order valence-electron chi connectivity index (χ3n) is 3.08. The first-order chi connectivity index (χ1) is 7.40. The summed E-state index contributed by atoms with van der Waals surface area (Å²) in [5.74, 6) is 0.131. The Morgan fingerprint density at radius 1 is 1.47 bits per heavy atom. The topological polar surface area (TPSA) is 45.1 Å². The van der Waals surface area contributed by atoms with Crippen LogP contribution < -0.4 is 5.32 Å². The lowest BCUT2D eigenvalue weighted by atomic mass is 9.92. The molecule has 1 saturated carbocycles. The Bertz CT molecular complexity index is 285. The number of aromatic nitrogens is 1. The van der Waals surface area contributed by atoms with Crippen LogP contribution in [0.4, 0.5) is 0 Å². The van der Waals surface area contributed by atoms with Gasteiger partial charge in [-0.25, -0.2) is 0 Å². The van der Waals surface area contributed by atoms with Crippen LogP contribution in [0.25, 0.3) is 0 Å². The third kappa shape index (κ3) is 2.76. The van der Waals surface area contributed by atoms with E-state index < -0.39 is 0 Å². The fraction of sp³-hybridized carbons (Fsp3) is 0.583. The summed E-state index contributed by atoms with van der Waals surface area (Å²) in [5, 5.41) is 12.8. The van der Waals surface area contributed by atoms with Crippen molar-refractivity contribution < 1.29 is 5.11 Å². The van der Waals surface area contributed by atoms with Gasteiger partial charge in [-0.1, -0.05) is 12.5 Å². The maximum absolute atomic E-state index is 9.30. The molecule has 0 spiro atoms. The molecule has 0 bridgehead atoms. The van der Waals surface area contributed by atoms with Crippen molar-refractivity contribution in [2.45, 2.75) is 31.2 Å². The first kappa shape index (κ1) is 10.6. The zero-order chi connectivity index (χ0) is 10.5. The average Bonchev–Trinajstić information content (AvgIpc) is 2.23. The van der Waals surface area contributed by atoms with Crippen LogP contribution in [0.15, 0.2) is 24.4 Å². The Hall–Kier alpha value is -0.930. The predicted octanol–water partition coefficient (Wildman–Crippen LogP) is 1.30. The number of aliphatic hydroxyl groups is 1. The molecule has 1 aliphatic carbocycles. The minimum Gasteiger partial charge on any atom is -0.396 e. The largest absolute Gasteiger partial charge is 0.396 e. The van der Waals surface area contributed by atoms with Crippen LogP contribution in [0.5, 0.6) is 0 Å². The van der Waals surface area contributed by atoms with E-state index in [-0.39, 0.29) is 12.5 Å². The van der Waals surface area contributed by atoms with E-state index in [1.54, 1.807) is 6.20 Å². The molecule has 0 amide bonds. The van der Waals surface area contributed by atoms with Crippen molar-refractivity contribution in [1.29, 1.82) is 0 Å². The van der Waals surface area contributed by atoms with Gasteiger partial charge in [0.15, 0.2) is 0 Å². The second-order valence-electron chi connectivity index (χ2n) is 4.17. The quantitative estimate of drug-likeness (QED) is 0.763. The van der Waals surface area contributed by atoms with Crippen molar-refractivity contribution in [1.82, 2.24) is 10.3 Å². The molecule has 1 aromatic heterocycles.